The zero-order valence-corrected chi connectivity index (χ0v) is 11.1. The fourth-order valence-electron chi connectivity index (χ4n) is 3.32. The Bertz CT molecular complexity index is 705. The number of hydrogen-bond acceptors (Lipinski definition) is 3. The minimum absolute atomic E-state index is 0.297. The second kappa shape index (κ2) is 4.12. The van der Waals surface area contributed by atoms with Crippen molar-refractivity contribution in [3.8, 4) is 17.5 Å². The van der Waals surface area contributed by atoms with Crippen LogP contribution in [0.5, 0.6) is 5.75 Å². The van der Waals surface area contributed by atoms with Crippen LogP contribution in [0, 0.1) is 11.3 Å². The van der Waals surface area contributed by atoms with Crippen LogP contribution >= 0.6 is 0 Å². The average Bonchev–Trinajstić information content (AvgIpc) is 2.94. The van der Waals surface area contributed by atoms with Gasteiger partial charge in [0.25, 0.3) is 0 Å². The van der Waals surface area contributed by atoms with E-state index in [1.807, 2.05) is 36.4 Å². The summed E-state index contributed by atoms with van der Waals surface area (Å²) in [5.74, 6) is 0.870. The van der Waals surface area contributed by atoms with Crippen molar-refractivity contribution in [3.05, 3.63) is 47.8 Å². The molecule has 1 aromatic carbocycles. The molecule has 1 aromatic heterocycles. The highest BCUT2D eigenvalue weighted by molar-refractivity contribution is 5.55. The maximum atomic E-state index is 9.37. The van der Waals surface area contributed by atoms with Crippen molar-refractivity contribution in [1.29, 1.82) is 5.26 Å². The first-order valence-electron chi connectivity index (χ1n) is 6.95. The van der Waals surface area contributed by atoms with E-state index in [1.165, 1.54) is 0 Å². The van der Waals surface area contributed by atoms with Crippen molar-refractivity contribution < 1.29 is 4.74 Å². The molecular weight excluding hydrogens is 250 g/mol. The van der Waals surface area contributed by atoms with Gasteiger partial charge in [-0.1, -0.05) is 12.1 Å². The molecule has 1 spiro atoms. The van der Waals surface area contributed by atoms with Crippen molar-refractivity contribution in [3.63, 3.8) is 0 Å². The number of nitrogens with zero attached hydrogens (tertiary/aromatic N) is 2. The van der Waals surface area contributed by atoms with E-state index in [1.54, 1.807) is 0 Å². The van der Waals surface area contributed by atoms with E-state index in [2.05, 4.69) is 16.0 Å². The number of rotatable bonds is 0. The van der Waals surface area contributed by atoms with Crippen LogP contribution in [-0.2, 0) is 5.60 Å². The summed E-state index contributed by atoms with van der Waals surface area (Å²) in [6, 6.07) is 14.2. The smallest absolute Gasteiger partial charge is 0.152 e. The molecule has 3 heterocycles. The van der Waals surface area contributed by atoms with Gasteiger partial charge in [0.2, 0.25) is 0 Å². The summed E-state index contributed by atoms with van der Waals surface area (Å²) < 4.78 is 8.43. The Labute approximate surface area is 117 Å². The molecule has 0 saturated carbocycles. The number of nitrogens with one attached hydrogen (secondary N) is 1. The third kappa shape index (κ3) is 1.44. The average molecular weight is 265 g/mol. The van der Waals surface area contributed by atoms with E-state index < -0.39 is 0 Å². The SMILES string of the molecule is N#Cc1ccc2n1-c1ccccc1OC21CCNCC1. The van der Waals surface area contributed by atoms with Gasteiger partial charge in [0.05, 0.1) is 11.4 Å². The minimum atomic E-state index is -0.297. The number of para-hydroxylation sites is 2. The van der Waals surface area contributed by atoms with Crippen molar-refractivity contribution in [2.45, 2.75) is 18.4 Å². The zero-order valence-electron chi connectivity index (χ0n) is 11.1. The van der Waals surface area contributed by atoms with E-state index in [0.29, 0.717) is 5.69 Å². The lowest BCUT2D eigenvalue weighted by Gasteiger charge is -2.42. The first-order valence-corrected chi connectivity index (χ1v) is 6.95. The molecule has 1 saturated heterocycles. The Morgan fingerprint density at radius 3 is 2.75 bits per heavy atom. The van der Waals surface area contributed by atoms with Crippen LogP contribution in [-0.4, -0.2) is 17.7 Å². The summed E-state index contributed by atoms with van der Waals surface area (Å²) in [6.07, 6.45) is 1.85. The van der Waals surface area contributed by atoms with Crippen molar-refractivity contribution in [2.24, 2.45) is 0 Å². The predicted molar refractivity (Wildman–Crippen MR) is 74.9 cm³/mol. The molecule has 0 aliphatic carbocycles. The maximum absolute atomic E-state index is 9.37. The maximum Gasteiger partial charge on any atom is 0.152 e. The molecule has 100 valence electrons. The summed E-state index contributed by atoms with van der Waals surface area (Å²) >= 11 is 0. The van der Waals surface area contributed by atoms with Gasteiger partial charge in [-0.05, 0) is 37.4 Å². The van der Waals surface area contributed by atoms with Gasteiger partial charge in [0.15, 0.2) is 5.60 Å². The highest BCUT2D eigenvalue weighted by Gasteiger charge is 2.43. The van der Waals surface area contributed by atoms with Crippen LogP contribution in [0.25, 0.3) is 5.69 Å². The van der Waals surface area contributed by atoms with E-state index >= 15 is 0 Å². The molecule has 1 N–H and O–H groups in total. The van der Waals surface area contributed by atoms with Crippen LogP contribution < -0.4 is 10.1 Å². The van der Waals surface area contributed by atoms with Gasteiger partial charge in [0, 0.05) is 12.8 Å². The lowest BCUT2D eigenvalue weighted by Crippen LogP contribution is -2.47. The van der Waals surface area contributed by atoms with Crippen molar-refractivity contribution in [2.75, 3.05) is 13.1 Å². The van der Waals surface area contributed by atoms with Crippen LogP contribution in [0.4, 0.5) is 0 Å². The number of aromatic nitrogens is 1. The standard InChI is InChI=1S/C16H15N3O/c17-11-12-5-6-15-16(7-9-18-10-8-16)20-14-4-2-1-3-13(14)19(12)15/h1-6,18H,7-10H2. The lowest BCUT2D eigenvalue weighted by molar-refractivity contribution is 0.0202. The van der Waals surface area contributed by atoms with Gasteiger partial charge >= 0.3 is 0 Å². The number of piperidine rings is 1. The van der Waals surface area contributed by atoms with E-state index in [4.69, 9.17) is 4.74 Å². The minimum Gasteiger partial charge on any atom is -0.479 e. The fourth-order valence-corrected chi connectivity index (χ4v) is 3.32. The quantitative estimate of drug-likeness (QED) is 0.795. The Hall–Kier alpha value is -2.25. The van der Waals surface area contributed by atoms with E-state index in [0.717, 1.165) is 43.1 Å². The summed E-state index contributed by atoms with van der Waals surface area (Å²) in [6.45, 7) is 1.88. The number of hydrogen-bond donors (Lipinski definition) is 1. The summed E-state index contributed by atoms with van der Waals surface area (Å²) in [5.41, 5.74) is 2.45. The lowest BCUT2D eigenvalue weighted by atomic mass is 9.87. The van der Waals surface area contributed by atoms with Gasteiger partial charge in [-0.2, -0.15) is 5.26 Å². The van der Waals surface area contributed by atoms with Crippen LogP contribution in [0.1, 0.15) is 24.2 Å². The van der Waals surface area contributed by atoms with Crippen LogP contribution in [0.15, 0.2) is 36.4 Å². The number of benzene rings is 1. The largest absolute Gasteiger partial charge is 0.479 e. The van der Waals surface area contributed by atoms with E-state index in [9.17, 15) is 5.26 Å². The first kappa shape index (κ1) is 11.6. The molecule has 0 amide bonds. The number of fused-ring (bicyclic) bond motifs is 4. The predicted octanol–water partition coefficient (Wildman–Crippen LogP) is 2.32. The Kier molecular flexibility index (Phi) is 2.38. The first-order chi connectivity index (χ1) is 9.84. The molecule has 1 fully saturated rings. The monoisotopic (exact) mass is 265 g/mol. The third-order valence-corrected chi connectivity index (χ3v) is 4.28. The van der Waals surface area contributed by atoms with Gasteiger partial charge in [-0.3, -0.25) is 4.57 Å². The van der Waals surface area contributed by atoms with Crippen LogP contribution in [0.2, 0.25) is 0 Å². The molecule has 4 heteroatoms. The molecule has 4 nitrogen and oxygen atoms in total. The topological polar surface area (TPSA) is 50.0 Å². The normalized spacial score (nSPS) is 18.8. The fraction of sp³-hybridized carbons (Fsp3) is 0.312. The second-order valence-electron chi connectivity index (χ2n) is 5.37. The molecule has 0 bridgehead atoms. The highest BCUT2D eigenvalue weighted by Crippen LogP contribution is 2.44. The van der Waals surface area contributed by atoms with Crippen molar-refractivity contribution >= 4 is 0 Å². The number of nitriles is 1. The van der Waals surface area contributed by atoms with Gasteiger partial charge in [0.1, 0.15) is 17.5 Å². The molecule has 0 atom stereocenters. The van der Waals surface area contributed by atoms with Gasteiger partial charge in [-0.25, -0.2) is 0 Å². The summed E-state index contributed by atoms with van der Waals surface area (Å²) in [4.78, 5) is 0. The van der Waals surface area contributed by atoms with Gasteiger partial charge < -0.3 is 10.1 Å². The Morgan fingerprint density at radius 2 is 1.95 bits per heavy atom. The molecule has 2 aliphatic rings. The second-order valence-corrected chi connectivity index (χ2v) is 5.37. The van der Waals surface area contributed by atoms with E-state index in [-0.39, 0.29) is 5.60 Å². The molecule has 0 radical (unpaired) electrons. The summed E-state index contributed by atoms with van der Waals surface area (Å²) in [7, 11) is 0. The zero-order chi connectivity index (χ0) is 13.6. The number of ether oxygens (including phenoxy) is 1. The highest BCUT2D eigenvalue weighted by atomic mass is 16.5. The third-order valence-electron chi connectivity index (χ3n) is 4.28. The molecule has 4 rings (SSSR count). The summed E-state index contributed by atoms with van der Waals surface area (Å²) in [5, 5.41) is 12.7. The van der Waals surface area contributed by atoms with Crippen LogP contribution in [0.3, 0.4) is 0 Å². The Morgan fingerprint density at radius 1 is 1.15 bits per heavy atom. The molecule has 0 unspecified atom stereocenters. The van der Waals surface area contributed by atoms with Crippen molar-refractivity contribution in [1.82, 2.24) is 9.88 Å². The molecule has 2 aliphatic heterocycles. The molecular formula is C16H15N3O. The molecule has 2 aromatic rings. The Balaban J connectivity index is 1.98. The van der Waals surface area contributed by atoms with Gasteiger partial charge in [-0.15, -0.1) is 0 Å². The molecule has 20 heavy (non-hydrogen) atoms.